The summed E-state index contributed by atoms with van der Waals surface area (Å²) in [5.74, 6) is -1.49. The number of anilines is 1. The van der Waals surface area contributed by atoms with Gasteiger partial charge in [0.15, 0.2) is 0 Å². The van der Waals surface area contributed by atoms with Crippen LogP contribution in [0.3, 0.4) is 0 Å². The highest BCUT2D eigenvalue weighted by Crippen LogP contribution is 2.29. The molecule has 4 aromatic rings. The summed E-state index contributed by atoms with van der Waals surface area (Å²) in [4.78, 5) is 32.3. The van der Waals surface area contributed by atoms with Crippen LogP contribution >= 0.6 is 0 Å². The van der Waals surface area contributed by atoms with Crippen LogP contribution in [0, 0.1) is 6.92 Å². The molecule has 0 radical (unpaired) electrons. The first-order chi connectivity index (χ1) is 17.6. The molecule has 3 aromatic heterocycles. The third-order valence-electron chi connectivity index (χ3n) is 5.74. The Hall–Kier alpha value is -4.42. The number of carboxylic acid groups (broad SMARTS) is 1. The highest BCUT2D eigenvalue weighted by molar-refractivity contribution is 5.92. The van der Waals surface area contributed by atoms with E-state index in [2.05, 4.69) is 20.4 Å². The Morgan fingerprint density at radius 2 is 1.89 bits per heavy atom. The average Bonchev–Trinajstić information content (AvgIpc) is 3.54. The van der Waals surface area contributed by atoms with Gasteiger partial charge in [-0.2, -0.15) is 18.2 Å². The van der Waals surface area contributed by atoms with Crippen LogP contribution in [0.1, 0.15) is 30.2 Å². The van der Waals surface area contributed by atoms with Gasteiger partial charge in [-0.3, -0.25) is 4.98 Å². The Morgan fingerprint density at radius 1 is 1.16 bits per heavy atom. The van der Waals surface area contributed by atoms with Gasteiger partial charge in [0.25, 0.3) is 0 Å². The van der Waals surface area contributed by atoms with E-state index in [9.17, 15) is 18.0 Å². The zero-order valence-electron chi connectivity index (χ0n) is 19.5. The second-order valence-corrected chi connectivity index (χ2v) is 8.29. The summed E-state index contributed by atoms with van der Waals surface area (Å²) in [6.07, 6.45) is -0.174. The monoisotopic (exact) mass is 517 g/mol. The third-order valence-corrected chi connectivity index (χ3v) is 5.74. The summed E-state index contributed by atoms with van der Waals surface area (Å²) < 4.78 is 42.6. The topological polar surface area (TPSA) is 135 Å². The van der Waals surface area contributed by atoms with E-state index in [1.54, 1.807) is 12.5 Å². The molecule has 1 fully saturated rings. The molecule has 37 heavy (non-hydrogen) atoms. The maximum atomic E-state index is 12.6. The highest BCUT2D eigenvalue weighted by Gasteiger charge is 2.38. The lowest BCUT2D eigenvalue weighted by molar-refractivity contribution is -0.192. The Labute approximate surface area is 208 Å². The first kappa shape index (κ1) is 25.7. The number of aromatic nitrogens is 3. The molecule has 10 nitrogen and oxygen atoms in total. The van der Waals surface area contributed by atoms with Crippen LogP contribution in [0.4, 0.5) is 23.7 Å². The zero-order chi connectivity index (χ0) is 26.6. The summed E-state index contributed by atoms with van der Waals surface area (Å²) in [6, 6.07) is 11.2. The van der Waals surface area contributed by atoms with Gasteiger partial charge >= 0.3 is 18.2 Å². The molecule has 1 saturated heterocycles. The van der Waals surface area contributed by atoms with E-state index in [0.717, 1.165) is 40.8 Å². The van der Waals surface area contributed by atoms with E-state index in [-0.39, 0.29) is 11.9 Å². The summed E-state index contributed by atoms with van der Waals surface area (Å²) in [7, 11) is 0. The molecule has 13 heteroatoms. The maximum absolute atomic E-state index is 12.6. The molecular formula is C24H22F3N5O5. The van der Waals surface area contributed by atoms with Gasteiger partial charge in [0.2, 0.25) is 11.7 Å². The number of fused-ring (bicyclic) bond motifs is 1. The highest BCUT2D eigenvalue weighted by atomic mass is 19.4. The van der Waals surface area contributed by atoms with Crippen molar-refractivity contribution in [2.24, 2.45) is 0 Å². The largest absolute Gasteiger partial charge is 0.490 e. The van der Waals surface area contributed by atoms with Gasteiger partial charge in [0.05, 0.1) is 6.26 Å². The SMILES string of the molecule is Cc1cccnc1-c1noc(C2CCN(C(=O)Nc3ccc4occc4c3)CC2)n1.O=C(O)C(F)(F)F. The molecule has 0 atom stereocenters. The number of amides is 2. The van der Waals surface area contributed by atoms with Crippen molar-refractivity contribution in [3.05, 3.63) is 60.3 Å². The number of urea groups is 1. The van der Waals surface area contributed by atoms with Crippen LogP contribution < -0.4 is 5.32 Å². The molecule has 0 unspecified atom stereocenters. The number of pyridine rings is 1. The number of nitrogens with one attached hydrogen (secondary N) is 1. The van der Waals surface area contributed by atoms with E-state index in [0.29, 0.717) is 24.8 Å². The molecule has 1 aliphatic rings. The van der Waals surface area contributed by atoms with Crippen LogP contribution in [-0.2, 0) is 4.79 Å². The lowest BCUT2D eigenvalue weighted by Gasteiger charge is -2.30. The number of hydrogen-bond donors (Lipinski definition) is 2. The number of aryl methyl sites for hydroxylation is 1. The number of halogens is 3. The predicted octanol–water partition coefficient (Wildman–Crippen LogP) is 5.23. The van der Waals surface area contributed by atoms with Gasteiger partial charge in [-0.25, -0.2) is 9.59 Å². The van der Waals surface area contributed by atoms with Gasteiger partial charge in [-0.1, -0.05) is 11.2 Å². The first-order valence-electron chi connectivity index (χ1n) is 11.2. The molecule has 1 aliphatic heterocycles. The molecule has 0 spiro atoms. The number of likely N-dealkylation sites (tertiary alicyclic amines) is 1. The number of piperidine rings is 1. The number of aliphatic carboxylic acids is 1. The number of benzene rings is 1. The number of carbonyl (C=O) groups is 2. The minimum atomic E-state index is -5.08. The number of carbonyl (C=O) groups excluding carboxylic acids is 1. The van der Waals surface area contributed by atoms with Crippen molar-refractivity contribution in [2.45, 2.75) is 31.9 Å². The molecule has 5 rings (SSSR count). The molecule has 194 valence electrons. The van der Waals surface area contributed by atoms with Crippen molar-refractivity contribution in [3.8, 4) is 11.5 Å². The Balaban J connectivity index is 0.000000405. The van der Waals surface area contributed by atoms with E-state index in [4.69, 9.17) is 18.8 Å². The molecule has 0 saturated carbocycles. The minimum absolute atomic E-state index is 0.105. The van der Waals surface area contributed by atoms with Crippen molar-refractivity contribution in [1.29, 1.82) is 0 Å². The summed E-state index contributed by atoms with van der Waals surface area (Å²) in [6.45, 7) is 3.23. The van der Waals surface area contributed by atoms with Crippen LogP contribution in [0.15, 0.2) is 57.8 Å². The van der Waals surface area contributed by atoms with Crippen LogP contribution in [0.5, 0.6) is 0 Å². The summed E-state index contributed by atoms with van der Waals surface area (Å²) >= 11 is 0. The van der Waals surface area contributed by atoms with Crippen molar-refractivity contribution in [2.75, 3.05) is 18.4 Å². The number of carboxylic acids is 1. The predicted molar refractivity (Wildman–Crippen MR) is 125 cm³/mol. The van der Waals surface area contributed by atoms with Gasteiger partial charge in [-0.05, 0) is 55.7 Å². The molecular weight excluding hydrogens is 495 g/mol. The van der Waals surface area contributed by atoms with Gasteiger partial charge in [-0.15, -0.1) is 0 Å². The fourth-order valence-electron chi connectivity index (χ4n) is 3.79. The van der Waals surface area contributed by atoms with Crippen LogP contribution in [-0.4, -0.2) is 56.4 Å². The summed E-state index contributed by atoms with van der Waals surface area (Å²) in [5.41, 5.74) is 3.29. The molecule has 4 heterocycles. The Kier molecular flexibility index (Phi) is 7.41. The number of nitrogens with zero attached hydrogens (tertiary/aromatic N) is 4. The minimum Gasteiger partial charge on any atom is -0.475 e. The van der Waals surface area contributed by atoms with Gasteiger partial charge < -0.3 is 24.3 Å². The molecule has 2 amide bonds. The number of hydrogen-bond acceptors (Lipinski definition) is 7. The van der Waals surface area contributed by atoms with Crippen LogP contribution in [0.25, 0.3) is 22.5 Å². The maximum Gasteiger partial charge on any atom is 0.490 e. The Bertz CT molecular complexity index is 1390. The standard InChI is InChI=1S/C22H21N5O3.C2HF3O2/c1-14-3-2-9-23-19(14)20-25-21(30-26-20)15-6-10-27(11-7-15)22(28)24-17-4-5-18-16(13-17)8-12-29-18;3-2(4,5)1(6)7/h2-5,8-9,12-13,15H,6-7,10-11H2,1H3,(H,24,28);(H,6,7). The normalized spacial score (nSPS) is 14.2. The lowest BCUT2D eigenvalue weighted by atomic mass is 9.97. The number of alkyl halides is 3. The fourth-order valence-corrected chi connectivity index (χ4v) is 3.79. The molecule has 0 bridgehead atoms. The van der Waals surface area contributed by atoms with Crippen molar-refractivity contribution in [3.63, 3.8) is 0 Å². The zero-order valence-corrected chi connectivity index (χ0v) is 19.5. The third kappa shape index (κ3) is 6.23. The van der Waals surface area contributed by atoms with E-state index in [1.807, 2.05) is 48.2 Å². The molecule has 0 aliphatic carbocycles. The quantitative estimate of drug-likeness (QED) is 0.377. The first-order valence-corrected chi connectivity index (χ1v) is 11.2. The second-order valence-electron chi connectivity index (χ2n) is 8.29. The van der Waals surface area contributed by atoms with Crippen molar-refractivity contribution < 1.29 is 36.8 Å². The number of furan rings is 1. The molecule has 2 N–H and O–H groups in total. The van der Waals surface area contributed by atoms with Crippen LogP contribution in [0.2, 0.25) is 0 Å². The molecule has 1 aromatic carbocycles. The van der Waals surface area contributed by atoms with E-state index < -0.39 is 12.1 Å². The smallest absolute Gasteiger partial charge is 0.475 e. The average molecular weight is 517 g/mol. The van der Waals surface area contributed by atoms with Gasteiger partial charge in [0.1, 0.15) is 11.3 Å². The Morgan fingerprint density at radius 3 is 2.57 bits per heavy atom. The van der Waals surface area contributed by atoms with Gasteiger partial charge in [0, 0.05) is 36.3 Å². The van der Waals surface area contributed by atoms with Crippen molar-refractivity contribution in [1.82, 2.24) is 20.0 Å². The number of rotatable bonds is 3. The van der Waals surface area contributed by atoms with E-state index in [1.165, 1.54) is 0 Å². The second kappa shape index (κ2) is 10.7. The summed E-state index contributed by atoms with van der Waals surface area (Å²) in [5, 5.41) is 15.2. The lowest BCUT2D eigenvalue weighted by Crippen LogP contribution is -2.40. The van der Waals surface area contributed by atoms with E-state index >= 15 is 0 Å². The fraction of sp³-hybridized carbons (Fsp3) is 0.292. The van der Waals surface area contributed by atoms with Crippen molar-refractivity contribution >= 4 is 28.7 Å².